The average Bonchev–Trinajstić information content (AvgIpc) is 3.46. The number of aromatic nitrogens is 5. The number of hydrogen-bond acceptors (Lipinski definition) is 7. The van der Waals surface area contributed by atoms with Crippen LogP contribution in [0, 0.1) is 12.8 Å². The summed E-state index contributed by atoms with van der Waals surface area (Å²) in [7, 11) is 0. The first kappa shape index (κ1) is 24.1. The Labute approximate surface area is 199 Å². The number of esters is 1. The first-order chi connectivity index (χ1) is 16.4. The third-order valence-corrected chi connectivity index (χ3v) is 6.62. The maximum absolute atomic E-state index is 13.1. The van der Waals surface area contributed by atoms with E-state index < -0.39 is 0 Å². The van der Waals surface area contributed by atoms with E-state index in [4.69, 9.17) is 4.74 Å². The monoisotopic (exact) mass is 466 g/mol. The van der Waals surface area contributed by atoms with Crippen LogP contribution >= 0.6 is 0 Å². The van der Waals surface area contributed by atoms with Gasteiger partial charge in [-0.2, -0.15) is 0 Å². The zero-order chi connectivity index (χ0) is 24.2. The normalized spacial score (nSPS) is 15.5. The van der Waals surface area contributed by atoms with Crippen molar-refractivity contribution in [3.8, 4) is 0 Å². The lowest BCUT2D eigenvalue weighted by Crippen LogP contribution is -2.41. The van der Waals surface area contributed by atoms with Crippen LogP contribution in [0.4, 0.5) is 0 Å². The molecule has 2 aromatic heterocycles. The molecule has 182 valence electrons. The lowest BCUT2D eigenvalue weighted by atomic mass is 9.97. The molecule has 1 N–H and O–H groups in total. The van der Waals surface area contributed by atoms with Crippen molar-refractivity contribution in [2.45, 2.75) is 78.6 Å². The standard InChI is InChI=1S/C25H34N6O3/c1-5-34-22(32)15-31-24(27-28-29-31)23(16(2)3)30(20-8-6-7-9-20)14-19-13-18-11-10-17(4)12-21(18)26-25(19)33/h10-13,16,20,23H,5-9,14-15H2,1-4H3,(H,26,33)/t23-/m1/s1. The number of fused-ring (bicyclic) bond motifs is 1. The van der Waals surface area contributed by atoms with Gasteiger partial charge in [-0.05, 0) is 66.1 Å². The molecule has 1 fully saturated rings. The van der Waals surface area contributed by atoms with Crippen molar-refractivity contribution in [1.82, 2.24) is 30.1 Å². The van der Waals surface area contributed by atoms with E-state index >= 15 is 0 Å². The molecule has 34 heavy (non-hydrogen) atoms. The van der Waals surface area contributed by atoms with Gasteiger partial charge in [0.25, 0.3) is 5.56 Å². The topological polar surface area (TPSA) is 106 Å². The number of benzene rings is 1. The molecular weight excluding hydrogens is 432 g/mol. The summed E-state index contributed by atoms with van der Waals surface area (Å²) >= 11 is 0. The Kier molecular flexibility index (Phi) is 7.41. The van der Waals surface area contributed by atoms with E-state index in [0.29, 0.717) is 25.0 Å². The molecule has 0 unspecified atom stereocenters. The maximum Gasteiger partial charge on any atom is 0.327 e. The number of rotatable bonds is 9. The number of nitrogens with one attached hydrogen (secondary N) is 1. The molecule has 1 aliphatic rings. The third kappa shape index (κ3) is 5.19. The fourth-order valence-electron chi connectivity index (χ4n) is 5.06. The number of tetrazole rings is 1. The number of aromatic amines is 1. The SMILES string of the molecule is CCOC(=O)Cn1nnnc1[C@@H](C(C)C)N(Cc1cc2ccc(C)cc2[nH]c1=O)C1CCCC1. The first-order valence-electron chi connectivity index (χ1n) is 12.2. The van der Waals surface area contributed by atoms with E-state index in [0.717, 1.165) is 47.7 Å². The highest BCUT2D eigenvalue weighted by molar-refractivity contribution is 5.79. The van der Waals surface area contributed by atoms with Crippen LogP contribution in [0.15, 0.2) is 29.1 Å². The molecule has 9 heteroatoms. The van der Waals surface area contributed by atoms with Crippen molar-refractivity contribution in [1.29, 1.82) is 0 Å². The van der Waals surface area contributed by atoms with Gasteiger partial charge in [-0.1, -0.05) is 38.8 Å². The van der Waals surface area contributed by atoms with Gasteiger partial charge in [0.05, 0.1) is 12.6 Å². The highest BCUT2D eigenvalue weighted by atomic mass is 16.5. The lowest BCUT2D eigenvalue weighted by Gasteiger charge is -2.37. The lowest BCUT2D eigenvalue weighted by molar-refractivity contribution is -0.144. The number of pyridine rings is 1. The van der Waals surface area contributed by atoms with E-state index in [2.05, 4.69) is 45.3 Å². The molecular formula is C25H34N6O3. The first-order valence-corrected chi connectivity index (χ1v) is 12.2. The van der Waals surface area contributed by atoms with Crippen LogP contribution in [0.5, 0.6) is 0 Å². The van der Waals surface area contributed by atoms with Gasteiger partial charge in [-0.3, -0.25) is 14.5 Å². The van der Waals surface area contributed by atoms with E-state index in [1.807, 2.05) is 25.1 Å². The maximum atomic E-state index is 13.1. The molecule has 0 bridgehead atoms. The minimum Gasteiger partial charge on any atom is -0.465 e. The highest BCUT2D eigenvalue weighted by Gasteiger charge is 2.35. The number of H-pyrrole nitrogens is 1. The van der Waals surface area contributed by atoms with Gasteiger partial charge in [0.15, 0.2) is 5.82 Å². The molecule has 1 aliphatic carbocycles. The van der Waals surface area contributed by atoms with Gasteiger partial charge in [-0.15, -0.1) is 5.10 Å². The quantitative estimate of drug-likeness (QED) is 0.481. The molecule has 1 aromatic carbocycles. The number of aryl methyl sites for hydroxylation is 1. The molecule has 0 amide bonds. The van der Waals surface area contributed by atoms with Crippen LogP contribution in [0.3, 0.4) is 0 Å². The summed E-state index contributed by atoms with van der Waals surface area (Å²) in [4.78, 5) is 30.7. The summed E-state index contributed by atoms with van der Waals surface area (Å²) in [6.07, 6.45) is 4.45. The predicted molar refractivity (Wildman–Crippen MR) is 129 cm³/mol. The van der Waals surface area contributed by atoms with Crippen molar-refractivity contribution in [2.75, 3.05) is 6.61 Å². The van der Waals surface area contributed by atoms with Gasteiger partial charge in [0, 0.05) is 23.7 Å². The second-order valence-electron chi connectivity index (χ2n) is 9.51. The summed E-state index contributed by atoms with van der Waals surface area (Å²) in [6, 6.07) is 8.25. The summed E-state index contributed by atoms with van der Waals surface area (Å²) in [5, 5.41) is 13.3. The molecule has 1 atom stereocenters. The van der Waals surface area contributed by atoms with Gasteiger partial charge in [0.2, 0.25) is 0 Å². The van der Waals surface area contributed by atoms with E-state index in [-0.39, 0.29) is 30.0 Å². The predicted octanol–water partition coefficient (Wildman–Crippen LogP) is 3.53. The smallest absolute Gasteiger partial charge is 0.327 e. The average molecular weight is 467 g/mol. The molecule has 0 radical (unpaired) electrons. The Morgan fingerprint density at radius 2 is 2.03 bits per heavy atom. The third-order valence-electron chi connectivity index (χ3n) is 6.62. The minimum atomic E-state index is -0.368. The largest absolute Gasteiger partial charge is 0.465 e. The second kappa shape index (κ2) is 10.5. The molecule has 1 saturated carbocycles. The second-order valence-corrected chi connectivity index (χ2v) is 9.51. The summed E-state index contributed by atoms with van der Waals surface area (Å²) in [5.41, 5.74) is 2.60. The molecule has 4 rings (SSSR count). The molecule has 3 aromatic rings. The number of carbonyl (C=O) groups excluding carboxylic acids is 1. The summed E-state index contributed by atoms with van der Waals surface area (Å²) in [5.74, 6) is 0.421. The molecule has 2 heterocycles. The van der Waals surface area contributed by atoms with Gasteiger partial charge >= 0.3 is 5.97 Å². The van der Waals surface area contributed by atoms with Crippen molar-refractivity contribution in [3.05, 3.63) is 51.6 Å². The summed E-state index contributed by atoms with van der Waals surface area (Å²) < 4.78 is 6.66. The van der Waals surface area contributed by atoms with Gasteiger partial charge in [-0.25, -0.2) is 4.68 Å². The van der Waals surface area contributed by atoms with Gasteiger partial charge in [0.1, 0.15) is 6.54 Å². The van der Waals surface area contributed by atoms with E-state index in [1.54, 1.807) is 6.92 Å². The van der Waals surface area contributed by atoms with Crippen LogP contribution in [-0.2, 0) is 22.6 Å². The van der Waals surface area contributed by atoms with Crippen molar-refractivity contribution >= 4 is 16.9 Å². The Balaban J connectivity index is 1.72. The van der Waals surface area contributed by atoms with E-state index in [9.17, 15) is 9.59 Å². The Bertz CT molecular complexity index is 1190. The fourth-order valence-corrected chi connectivity index (χ4v) is 5.06. The zero-order valence-electron chi connectivity index (χ0n) is 20.5. The Morgan fingerprint density at radius 1 is 1.26 bits per heavy atom. The fraction of sp³-hybridized carbons (Fsp3) is 0.560. The van der Waals surface area contributed by atoms with Crippen molar-refractivity contribution < 1.29 is 9.53 Å². The van der Waals surface area contributed by atoms with Gasteiger partial charge < -0.3 is 9.72 Å². The highest BCUT2D eigenvalue weighted by Crippen LogP contribution is 2.35. The number of nitrogens with zero attached hydrogens (tertiary/aromatic N) is 5. The molecule has 0 saturated heterocycles. The Morgan fingerprint density at radius 3 is 2.74 bits per heavy atom. The van der Waals surface area contributed by atoms with E-state index in [1.165, 1.54) is 4.68 Å². The molecule has 0 spiro atoms. The van der Waals surface area contributed by atoms with Crippen molar-refractivity contribution in [3.63, 3.8) is 0 Å². The Hall–Kier alpha value is -3.07. The zero-order valence-corrected chi connectivity index (χ0v) is 20.5. The number of ether oxygens (including phenoxy) is 1. The number of carbonyl (C=O) groups is 1. The van der Waals surface area contributed by atoms with Crippen LogP contribution in [0.2, 0.25) is 0 Å². The van der Waals surface area contributed by atoms with Crippen LogP contribution in [-0.4, -0.2) is 48.7 Å². The van der Waals surface area contributed by atoms with Crippen molar-refractivity contribution in [2.24, 2.45) is 5.92 Å². The van der Waals surface area contributed by atoms with Crippen LogP contribution < -0.4 is 5.56 Å². The minimum absolute atomic E-state index is 0.0339. The van der Waals surface area contributed by atoms with Crippen LogP contribution in [0.1, 0.15) is 69.4 Å². The van der Waals surface area contributed by atoms with Crippen LogP contribution in [0.25, 0.3) is 10.9 Å². The molecule has 9 nitrogen and oxygen atoms in total. The summed E-state index contributed by atoms with van der Waals surface area (Å²) in [6.45, 7) is 8.81. The number of hydrogen-bond donors (Lipinski definition) is 1. The molecule has 0 aliphatic heterocycles.